The Bertz CT molecular complexity index is 391. The highest BCUT2D eigenvalue weighted by Gasteiger charge is 2.11. The summed E-state index contributed by atoms with van der Waals surface area (Å²) in [6, 6.07) is 6.95. The van der Waals surface area contributed by atoms with Gasteiger partial charge in [-0.25, -0.2) is 0 Å². The van der Waals surface area contributed by atoms with Gasteiger partial charge in [0.1, 0.15) is 0 Å². The highest BCUT2D eigenvalue weighted by Crippen LogP contribution is 2.22. The van der Waals surface area contributed by atoms with E-state index >= 15 is 0 Å². The molecule has 0 aromatic heterocycles. The van der Waals surface area contributed by atoms with E-state index in [-0.39, 0.29) is 5.54 Å². The third-order valence-corrected chi connectivity index (χ3v) is 3.67. The minimum atomic E-state index is -0.0325. The summed E-state index contributed by atoms with van der Waals surface area (Å²) in [4.78, 5) is 0. The molecule has 0 atom stereocenters. The standard InChI is InChI=1S/C16H26N2/c1-16(2,17)9-4-10-18-12-13-7-8-14-5-3-6-15(14)11-13/h7-8,11,18H,3-6,9-10,12,17H2,1-2H3. The molecule has 0 unspecified atom stereocenters. The molecule has 0 spiro atoms. The number of benzene rings is 1. The van der Waals surface area contributed by atoms with E-state index in [2.05, 4.69) is 37.4 Å². The molecule has 0 amide bonds. The van der Waals surface area contributed by atoms with Crippen LogP contribution in [0, 0.1) is 0 Å². The van der Waals surface area contributed by atoms with E-state index in [0.717, 1.165) is 25.9 Å². The Hall–Kier alpha value is -0.860. The quantitative estimate of drug-likeness (QED) is 0.757. The van der Waals surface area contributed by atoms with Crippen molar-refractivity contribution in [2.45, 2.75) is 58.0 Å². The van der Waals surface area contributed by atoms with Gasteiger partial charge in [-0.3, -0.25) is 0 Å². The molecule has 2 nitrogen and oxygen atoms in total. The molecule has 3 N–H and O–H groups in total. The molecule has 18 heavy (non-hydrogen) atoms. The zero-order valence-corrected chi connectivity index (χ0v) is 11.8. The summed E-state index contributed by atoms with van der Waals surface area (Å²) in [5.74, 6) is 0. The lowest BCUT2D eigenvalue weighted by Crippen LogP contribution is -2.32. The Kier molecular flexibility index (Phi) is 4.41. The van der Waals surface area contributed by atoms with Gasteiger partial charge < -0.3 is 11.1 Å². The second kappa shape index (κ2) is 5.85. The van der Waals surface area contributed by atoms with Crippen LogP contribution < -0.4 is 11.1 Å². The van der Waals surface area contributed by atoms with Crippen LogP contribution in [-0.2, 0) is 19.4 Å². The molecule has 100 valence electrons. The topological polar surface area (TPSA) is 38.0 Å². The predicted octanol–water partition coefficient (Wildman–Crippen LogP) is 2.78. The first-order chi connectivity index (χ1) is 8.54. The molecule has 0 bridgehead atoms. The SMILES string of the molecule is CC(C)(N)CCCNCc1ccc2c(c1)CCC2. The van der Waals surface area contributed by atoms with E-state index in [1.807, 2.05) is 0 Å². The minimum Gasteiger partial charge on any atom is -0.326 e. The van der Waals surface area contributed by atoms with Crippen molar-refractivity contribution < 1.29 is 0 Å². The molecule has 1 aromatic rings. The van der Waals surface area contributed by atoms with Crippen LogP contribution in [0.25, 0.3) is 0 Å². The first kappa shape index (κ1) is 13.6. The van der Waals surface area contributed by atoms with Crippen LogP contribution in [0.15, 0.2) is 18.2 Å². The van der Waals surface area contributed by atoms with Crippen molar-refractivity contribution in [3.05, 3.63) is 34.9 Å². The van der Waals surface area contributed by atoms with Crippen LogP contribution in [0.3, 0.4) is 0 Å². The number of fused-ring (bicyclic) bond motifs is 1. The Morgan fingerprint density at radius 3 is 2.78 bits per heavy atom. The van der Waals surface area contributed by atoms with Crippen molar-refractivity contribution in [1.82, 2.24) is 5.32 Å². The average molecular weight is 246 g/mol. The van der Waals surface area contributed by atoms with E-state index in [4.69, 9.17) is 5.73 Å². The second-order valence-electron chi connectivity index (χ2n) is 6.23. The zero-order valence-electron chi connectivity index (χ0n) is 11.8. The maximum absolute atomic E-state index is 5.96. The maximum Gasteiger partial charge on any atom is 0.0205 e. The molecule has 1 aliphatic carbocycles. The van der Waals surface area contributed by atoms with E-state index in [1.54, 1.807) is 11.1 Å². The Balaban J connectivity index is 1.71. The van der Waals surface area contributed by atoms with E-state index < -0.39 is 0 Å². The summed E-state index contributed by atoms with van der Waals surface area (Å²) < 4.78 is 0. The zero-order chi connectivity index (χ0) is 13.0. The number of rotatable bonds is 6. The highest BCUT2D eigenvalue weighted by molar-refractivity contribution is 5.35. The van der Waals surface area contributed by atoms with Crippen LogP contribution >= 0.6 is 0 Å². The summed E-state index contributed by atoms with van der Waals surface area (Å²) in [5, 5.41) is 3.51. The maximum atomic E-state index is 5.96. The van der Waals surface area contributed by atoms with Crippen LogP contribution in [0.2, 0.25) is 0 Å². The van der Waals surface area contributed by atoms with E-state index in [1.165, 1.54) is 24.8 Å². The summed E-state index contributed by atoms with van der Waals surface area (Å²) in [6.45, 7) is 6.22. The molecule has 0 aliphatic heterocycles. The highest BCUT2D eigenvalue weighted by atomic mass is 14.8. The molecular formula is C16H26N2. The van der Waals surface area contributed by atoms with Gasteiger partial charge in [0.15, 0.2) is 0 Å². The molecule has 2 rings (SSSR count). The van der Waals surface area contributed by atoms with Crippen LogP contribution in [0.5, 0.6) is 0 Å². The molecule has 0 saturated heterocycles. The van der Waals surface area contributed by atoms with Gasteiger partial charge in [-0.1, -0.05) is 18.2 Å². The average Bonchev–Trinajstić information content (AvgIpc) is 2.74. The van der Waals surface area contributed by atoms with Gasteiger partial charge in [0, 0.05) is 12.1 Å². The van der Waals surface area contributed by atoms with Gasteiger partial charge >= 0.3 is 0 Å². The molecule has 0 heterocycles. The van der Waals surface area contributed by atoms with Gasteiger partial charge in [0.05, 0.1) is 0 Å². The smallest absolute Gasteiger partial charge is 0.0205 e. The van der Waals surface area contributed by atoms with Gasteiger partial charge in [-0.2, -0.15) is 0 Å². The lowest BCUT2D eigenvalue weighted by Gasteiger charge is -2.18. The van der Waals surface area contributed by atoms with Crippen molar-refractivity contribution >= 4 is 0 Å². The molecule has 0 radical (unpaired) electrons. The van der Waals surface area contributed by atoms with Crippen LogP contribution in [0.1, 0.15) is 49.8 Å². The minimum absolute atomic E-state index is 0.0325. The van der Waals surface area contributed by atoms with Crippen molar-refractivity contribution in [3.63, 3.8) is 0 Å². The van der Waals surface area contributed by atoms with Crippen molar-refractivity contribution in [2.75, 3.05) is 6.54 Å². The Labute approximate surface area is 111 Å². The lowest BCUT2D eigenvalue weighted by molar-refractivity contribution is 0.448. The fourth-order valence-corrected chi connectivity index (χ4v) is 2.64. The fourth-order valence-electron chi connectivity index (χ4n) is 2.64. The third kappa shape index (κ3) is 4.11. The molecule has 0 saturated carbocycles. The van der Waals surface area contributed by atoms with Crippen molar-refractivity contribution in [3.8, 4) is 0 Å². The largest absolute Gasteiger partial charge is 0.326 e. The monoisotopic (exact) mass is 246 g/mol. The number of hydrogen-bond acceptors (Lipinski definition) is 2. The number of nitrogens with two attached hydrogens (primary N) is 1. The lowest BCUT2D eigenvalue weighted by atomic mass is 10.0. The Morgan fingerprint density at radius 2 is 2.00 bits per heavy atom. The predicted molar refractivity (Wildman–Crippen MR) is 77.7 cm³/mol. The first-order valence-corrected chi connectivity index (χ1v) is 7.15. The molecule has 2 heteroatoms. The number of aryl methyl sites for hydroxylation is 2. The van der Waals surface area contributed by atoms with Crippen molar-refractivity contribution in [2.24, 2.45) is 5.73 Å². The van der Waals surface area contributed by atoms with E-state index in [9.17, 15) is 0 Å². The second-order valence-corrected chi connectivity index (χ2v) is 6.23. The van der Waals surface area contributed by atoms with Crippen molar-refractivity contribution in [1.29, 1.82) is 0 Å². The van der Waals surface area contributed by atoms with Gasteiger partial charge in [-0.05, 0) is 69.2 Å². The van der Waals surface area contributed by atoms with Gasteiger partial charge in [0.2, 0.25) is 0 Å². The first-order valence-electron chi connectivity index (χ1n) is 7.15. The van der Waals surface area contributed by atoms with Gasteiger partial charge in [0.25, 0.3) is 0 Å². The number of hydrogen-bond donors (Lipinski definition) is 2. The summed E-state index contributed by atoms with van der Waals surface area (Å²) in [6.07, 6.45) is 6.09. The van der Waals surface area contributed by atoms with Crippen LogP contribution in [0.4, 0.5) is 0 Å². The Morgan fingerprint density at radius 1 is 1.22 bits per heavy atom. The molecular weight excluding hydrogens is 220 g/mol. The third-order valence-electron chi connectivity index (χ3n) is 3.67. The normalized spacial score (nSPS) is 14.8. The molecule has 0 fully saturated rings. The summed E-state index contributed by atoms with van der Waals surface area (Å²) in [5.41, 5.74) is 10.5. The molecule has 1 aliphatic rings. The summed E-state index contributed by atoms with van der Waals surface area (Å²) >= 11 is 0. The van der Waals surface area contributed by atoms with Gasteiger partial charge in [-0.15, -0.1) is 0 Å². The molecule has 1 aromatic carbocycles. The number of nitrogens with one attached hydrogen (secondary N) is 1. The summed E-state index contributed by atoms with van der Waals surface area (Å²) in [7, 11) is 0. The van der Waals surface area contributed by atoms with E-state index in [0.29, 0.717) is 0 Å². The fraction of sp³-hybridized carbons (Fsp3) is 0.625. The van der Waals surface area contributed by atoms with Crippen LogP contribution in [-0.4, -0.2) is 12.1 Å².